The van der Waals surface area contributed by atoms with Gasteiger partial charge in [-0.2, -0.15) is 0 Å². The topological polar surface area (TPSA) is 39.4 Å². The summed E-state index contributed by atoms with van der Waals surface area (Å²) < 4.78 is 11.4. The number of ether oxygens (including phenoxy) is 1. The molecule has 2 aromatic rings. The first-order valence-corrected chi connectivity index (χ1v) is 5.94. The summed E-state index contributed by atoms with van der Waals surface area (Å²) in [5, 5.41) is 0.543. The molecule has 1 aromatic heterocycles. The zero-order chi connectivity index (χ0) is 12.9. The van der Waals surface area contributed by atoms with Crippen LogP contribution in [-0.4, -0.2) is 6.10 Å². The van der Waals surface area contributed by atoms with Crippen molar-refractivity contribution >= 4 is 11.0 Å². The maximum Gasteiger partial charge on any atom is 0.196 e. The zero-order valence-electron chi connectivity index (χ0n) is 10.4. The molecule has 1 aliphatic rings. The summed E-state index contributed by atoms with van der Waals surface area (Å²) in [6, 6.07) is 5.30. The summed E-state index contributed by atoms with van der Waals surface area (Å²) in [4.78, 5) is 12.1. The minimum Gasteiger partial charge on any atom is -0.485 e. The number of benzene rings is 1. The Morgan fingerprint density at radius 3 is 2.94 bits per heavy atom. The lowest BCUT2D eigenvalue weighted by molar-refractivity contribution is 0.273. The Bertz CT molecular complexity index is 709. The van der Waals surface area contributed by atoms with Gasteiger partial charge in [-0.05, 0) is 31.1 Å². The number of fused-ring (bicyclic) bond motifs is 3. The van der Waals surface area contributed by atoms with Crippen LogP contribution in [0.4, 0.5) is 0 Å². The normalized spacial score (nSPS) is 17.6. The van der Waals surface area contributed by atoms with Crippen LogP contribution in [0, 0.1) is 6.92 Å². The second-order valence-electron chi connectivity index (χ2n) is 4.81. The first-order valence-electron chi connectivity index (χ1n) is 5.94. The van der Waals surface area contributed by atoms with E-state index in [0.29, 0.717) is 22.5 Å². The van der Waals surface area contributed by atoms with E-state index in [9.17, 15) is 4.79 Å². The molecule has 3 nitrogen and oxygen atoms in total. The molecular weight excluding hydrogens is 228 g/mol. The first-order chi connectivity index (χ1) is 8.56. The fraction of sp³-hybridized carbons (Fsp3) is 0.267. The van der Waals surface area contributed by atoms with E-state index in [1.54, 1.807) is 6.92 Å². The van der Waals surface area contributed by atoms with Crippen LogP contribution in [0.15, 0.2) is 39.6 Å². The molecule has 0 N–H and O–H groups in total. The van der Waals surface area contributed by atoms with Crippen molar-refractivity contribution in [3.63, 3.8) is 0 Å². The molecule has 0 saturated carbocycles. The molecule has 3 heteroatoms. The van der Waals surface area contributed by atoms with Gasteiger partial charge in [-0.1, -0.05) is 12.6 Å². The van der Waals surface area contributed by atoms with Crippen LogP contribution in [-0.2, 0) is 6.42 Å². The van der Waals surface area contributed by atoms with Gasteiger partial charge in [-0.15, -0.1) is 0 Å². The molecule has 0 spiro atoms. The molecule has 0 fully saturated rings. The first kappa shape index (κ1) is 11.1. The van der Waals surface area contributed by atoms with Gasteiger partial charge in [0.25, 0.3) is 0 Å². The van der Waals surface area contributed by atoms with Crippen LogP contribution in [0.2, 0.25) is 0 Å². The Morgan fingerprint density at radius 1 is 1.44 bits per heavy atom. The maximum absolute atomic E-state index is 12.1. The summed E-state index contributed by atoms with van der Waals surface area (Å²) in [6.07, 6.45) is 0.736. The third-order valence-corrected chi connectivity index (χ3v) is 3.27. The van der Waals surface area contributed by atoms with Crippen molar-refractivity contribution in [1.29, 1.82) is 0 Å². The molecule has 0 bridgehead atoms. The van der Waals surface area contributed by atoms with Crippen LogP contribution in [0.25, 0.3) is 11.0 Å². The molecule has 2 heterocycles. The average Bonchev–Trinajstić information content (AvgIpc) is 2.71. The quantitative estimate of drug-likeness (QED) is 0.722. The molecule has 1 unspecified atom stereocenters. The monoisotopic (exact) mass is 242 g/mol. The predicted molar refractivity (Wildman–Crippen MR) is 70.2 cm³/mol. The third kappa shape index (κ3) is 1.55. The number of hydrogen-bond acceptors (Lipinski definition) is 3. The third-order valence-electron chi connectivity index (χ3n) is 3.27. The SMILES string of the molecule is C=C(C)C1Cc2ccc3oc(C)cc(=O)c3c2O1. The van der Waals surface area contributed by atoms with E-state index in [2.05, 4.69) is 6.58 Å². The van der Waals surface area contributed by atoms with Crippen LogP contribution in [0.3, 0.4) is 0 Å². The van der Waals surface area contributed by atoms with Crippen molar-refractivity contribution in [2.24, 2.45) is 0 Å². The van der Waals surface area contributed by atoms with Crippen molar-refractivity contribution in [1.82, 2.24) is 0 Å². The Labute approximate surface area is 105 Å². The molecular formula is C15H14O3. The van der Waals surface area contributed by atoms with Crippen LogP contribution in [0.5, 0.6) is 5.75 Å². The van der Waals surface area contributed by atoms with Crippen molar-refractivity contribution < 1.29 is 9.15 Å². The lowest BCUT2D eigenvalue weighted by Crippen LogP contribution is -2.13. The highest BCUT2D eigenvalue weighted by atomic mass is 16.5. The van der Waals surface area contributed by atoms with Gasteiger partial charge >= 0.3 is 0 Å². The summed E-state index contributed by atoms with van der Waals surface area (Å²) in [5.41, 5.74) is 2.55. The fourth-order valence-electron chi connectivity index (χ4n) is 2.34. The van der Waals surface area contributed by atoms with E-state index in [1.165, 1.54) is 6.07 Å². The van der Waals surface area contributed by atoms with Crippen LogP contribution < -0.4 is 10.2 Å². The van der Waals surface area contributed by atoms with E-state index >= 15 is 0 Å². The average molecular weight is 242 g/mol. The van der Waals surface area contributed by atoms with Crippen molar-refractivity contribution in [2.75, 3.05) is 0 Å². The lowest BCUT2D eigenvalue weighted by atomic mass is 10.0. The molecule has 0 amide bonds. The van der Waals surface area contributed by atoms with E-state index in [4.69, 9.17) is 9.15 Å². The van der Waals surface area contributed by atoms with Gasteiger partial charge in [0.05, 0.1) is 0 Å². The van der Waals surface area contributed by atoms with E-state index in [0.717, 1.165) is 17.6 Å². The van der Waals surface area contributed by atoms with Gasteiger partial charge in [0.2, 0.25) is 0 Å². The molecule has 1 aliphatic heterocycles. The molecule has 0 aliphatic carbocycles. The van der Waals surface area contributed by atoms with E-state index in [-0.39, 0.29) is 11.5 Å². The molecule has 1 atom stereocenters. The van der Waals surface area contributed by atoms with Gasteiger partial charge < -0.3 is 9.15 Å². The summed E-state index contributed by atoms with van der Waals surface area (Å²) in [7, 11) is 0. The van der Waals surface area contributed by atoms with Crippen LogP contribution in [0.1, 0.15) is 18.2 Å². The Hall–Kier alpha value is -2.03. The molecule has 18 heavy (non-hydrogen) atoms. The second kappa shape index (κ2) is 3.73. The maximum atomic E-state index is 12.1. The van der Waals surface area contributed by atoms with Gasteiger partial charge in [0, 0.05) is 12.5 Å². The molecule has 1 aromatic carbocycles. The highest BCUT2D eigenvalue weighted by Gasteiger charge is 2.26. The zero-order valence-corrected chi connectivity index (χ0v) is 10.4. The van der Waals surface area contributed by atoms with Gasteiger partial charge in [-0.3, -0.25) is 4.79 Å². The van der Waals surface area contributed by atoms with Crippen molar-refractivity contribution in [2.45, 2.75) is 26.4 Å². The number of hydrogen-bond donors (Lipinski definition) is 0. The summed E-state index contributed by atoms with van der Waals surface area (Å²) in [6.45, 7) is 7.62. The highest BCUT2D eigenvalue weighted by molar-refractivity contribution is 5.85. The number of rotatable bonds is 1. The van der Waals surface area contributed by atoms with Gasteiger partial charge in [-0.25, -0.2) is 0 Å². The Kier molecular flexibility index (Phi) is 2.30. The largest absolute Gasteiger partial charge is 0.485 e. The smallest absolute Gasteiger partial charge is 0.196 e. The fourth-order valence-corrected chi connectivity index (χ4v) is 2.34. The lowest BCUT2D eigenvalue weighted by Gasteiger charge is -2.10. The predicted octanol–water partition coefficient (Wildman–Crippen LogP) is 2.98. The minimum atomic E-state index is -0.0482. The molecule has 92 valence electrons. The van der Waals surface area contributed by atoms with E-state index in [1.807, 2.05) is 19.1 Å². The second-order valence-corrected chi connectivity index (χ2v) is 4.81. The molecule has 3 rings (SSSR count). The summed E-state index contributed by atoms with van der Waals surface area (Å²) >= 11 is 0. The standard InChI is InChI=1S/C15H14O3/c1-8(2)13-7-10-4-5-12-14(15(10)18-13)11(16)6-9(3)17-12/h4-6,13H,1,7H2,2-3H3. The summed E-state index contributed by atoms with van der Waals surface area (Å²) in [5.74, 6) is 1.27. The molecule has 0 saturated heterocycles. The Morgan fingerprint density at radius 2 is 2.22 bits per heavy atom. The van der Waals surface area contributed by atoms with Crippen molar-refractivity contribution in [3.05, 3.63) is 51.9 Å². The Balaban J connectivity index is 2.27. The molecule has 0 radical (unpaired) electrons. The van der Waals surface area contributed by atoms with Crippen LogP contribution >= 0.6 is 0 Å². The highest BCUT2D eigenvalue weighted by Crippen LogP contribution is 2.36. The van der Waals surface area contributed by atoms with E-state index < -0.39 is 0 Å². The number of aryl methyl sites for hydroxylation is 1. The minimum absolute atomic E-state index is 0.0358. The van der Waals surface area contributed by atoms with Gasteiger partial charge in [0.1, 0.15) is 28.6 Å². The van der Waals surface area contributed by atoms with Crippen molar-refractivity contribution in [3.8, 4) is 5.75 Å². The van der Waals surface area contributed by atoms with Gasteiger partial charge in [0.15, 0.2) is 5.43 Å².